The summed E-state index contributed by atoms with van der Waals surface area (Å²) in [6, 6.07) is 3.09. The van der Waals surface area contributed by atoms with Crippen molar-refractivity contribution in [2.45, 2.75) is 4.90 Å². The molecule has 0 atom stereocenters. The zero-order valence-corrected chi connectivity index (χ0v) is 8.12. The van der Waals surface area contributed by atoms with Crippen molar-refractivity contribution in [3.05, 3.63) is 28.3 Å². The standard InChI is InChI=1S/C6H4ClNO5S/c7-14(12,13)6-4(8(10)11)2-1-3-5(6)9/h1-3,9H. The minimum Gasteiger partial charge on any atom is -0.506 e. The minimum absolute atomic E-state index is 0.741. The van der Waals surface area contributed by atoms with Crippen molar-refractivity contribution in [3.63, 3.8) is 0 Å². The molecule has 0 spiro atoms. The molecule has 0 unspecified atom stereocenters. The fourth-order valence-electron chi connectivity index (χ4n) is 0.907. The van der Waals surface area contributed by atoms with E-state index in [1.54, 1.807) is 0 Å². The average molecular weight is 238 g/mol. The zero-order valence-electron chi connectivity index (χ0n) is 6.55. The summed E-state index contributed by atoms with van der Waals surface area (Å²) >= 11 is 0. The summed E-state index contributed by atoms with van der Waals surface area (Å²) in [6.45, 7) is 0. The summed E-state index contributed by atoms with van der Waals surface area (Å²) in [7, 11) is 0.592. The minimum atomic E-state index is -4.33. The van der Waals surface area contributed by atoms with Gasteiger partial charge in [-0.3, -0.25) is 10.1 Å². The number of hydrogen-bond donors (Lipinski definition) is 1. The molecule has 0 heterocycles. The van der Waals surface area contributed by atoms with Crippen LogP contribution < -0.4 is 0 Å². The van der Waals surface area contributed by atoms with Gasteiger partial charge in [0.2, 0.25) is 4.90 Å². The number of phenolic OH excluding ortho intramolecular Hbond substituents is 1. The van der Waals surface area contributed by atoms with Gasteiger partial charge < -0.3 is 5.11 Å². The molecule has 0 saturated carbocycles. The topological polar surface area (TPSA) is 97.5 Å². The van der Waals surface area contributed by atoms with E-state index in [1.807, 2.05) is 0 Å². The summed E-state index contributed by atoms with van der Waals surface area (Å²) < 4.78 is 21.8. The molecule has 0 radical (unpaired) electrons. The summed E-state index contributed by atoms with van der Waals surface area (Å²) in [4.78, 5) is 8.57. The largest absolute Gasteiger partial charge is 0.506 e. The highest BCUT2D eigenvalue weighted by molar-refractivity contribution is 8.14. The van der Waals surface area contributed by atoms with Gasteiger partial charge in [-0.2, -0.15) is 0 Å². The van der Waals surface area contributed by atoms with Crippen LogP contribution in [0.15, 0.2) is 23.1 Å². The van der Waals surface area contributed by atoms with Crippen LogP contribution in [0.1, 0.15) is 0 Å². The molecule has 0 bridgehead atoms. The first-order valence-corrected chi connectivity index (χ1v) is 5.56. The second kappa shape index (κ2) is 3.43. The Kier molecular flexibility index (Phi) is 2.63. The molecule has 0 fully saturated rings. The molecule has 1 aromatic carbocycles. The number of hydrogen-bond acceptors (Lipinski definition) is 5. The smallest absolute Gasteiger partial charge is 0.293 e. The first-order valence-electron chi connectivity index (χ1n) is 3.25. The van der Waals surface area contributed by atoms with E-state index in [1.165, 1.54) is 0 Å². The Labute approximate surface area is 83.3 Å². The summed E-state index contributed by atoms with van der Waals surface area (Å²) in [5.74, 6) is -0.741. The van der Waals surface area contributed by atoms with E-state index in [4.69, 9.17) is 15.8 Å². The maximum Gasteiger partial charge on any atom is 0.293 e. The van der Waals surface area contributed by atoms with Crippen LogP contribution in [0.25, 0.3) is 0 Å². The van der Waals surface area contributed by atoms with Crippen molar-refractivity contribution in [1.82, 2.24) is 0 Å². The molecule has 0 aromatic heterocycles. The molecule has 0 aliphatic heterocycles. The number of benzene rings is 1. The third kappa shape index (κ3) is 1.94. The molecule has 0 aliphatic carbocycles. The van der Waals surface area contributed by atoms with E-state index in [-0.39, 0.29) is 0 Å². The Morgan fingerprint density at radius 2 is 2.00 bits per heavy atom. The van der Waals surface area contributed by atoms with Crippen molar-refractivity contribution < 1.29 is 18.4 Å². The SMILES string of the molecule is O=[N+]([O-])c1cccc(O)c1S(=O)(=O)Cl. The van der Waals surface area contributed by atoms with Crippen LogP contribution >= 0.6 is 10.7 Å². The number of phenols is 1. The van der Waals surface area contributed by atoms with Crippen molar-refractivity contribution in [2.24, 2.45) is 0 Å². The van der Waals surface area contributed by atoms with Gasteiger partial charge in [0, 0.05) is 16.7 Å². The highest BCUT2D eigenvalue weighted by atomic mass is 35.7. The summed E-state index contributed by atoms with van der Waals surface area (Å²) in [5, 5.41) is 19.5. The molecule has 0 amide bonds. The van der Waals surface area contributed by atoms with Crippen LogP contribution in [0, 0.1) is 10.1 Å². The maximum atomic E-state index is 10.9. The first-order chi connectivity index (χ1) is 6.34. The number of nitro groups is 1. The molecule has 8 heteroatoms. The Balaban J connectivity index is 3.62. The van der Waals surface area contributed by atoms with Gasteiger partial charge in [0.15, 0.2) is 0 Å². The lowest BCUT2D eigenvalue weighted by atomic mass is 10.3. The predicted molar refractivity (Wildman–Crippen MR) is 47.8 cm³/mol. The van der Waals surface area contributed by atoms with E-state index in [0.29, 0.717) is 0 Å². The molecule has 0 aliphatic rings. The fraction of sp³-hybridized carbons (Fsp3) is 0. The molecule has 14 heavy (non-hydrogen) atoms. The zero-order chi connectivity index (χ0) is 10.9. The number of rotatable bonds is 2. The number of aromatic hydroxyl groups is 1. The van der Waals surface area contributed by atoms with Crippen molar-refractivity contribution in [2.75, 3.05) is 0 Å². The second-order valence-electron chi connectivity index (χ2n) is 2.32. The molecule has 76 valence electrons. The van der Waals surface area contributed by atoms with Gasteiger partial charge in [0.05, 0.1) is 4.92 Å². The van der Waals surface area contributed by atoms with Gasteiger partial charge in [-0.05, 0) is 6.07 Å². The predicted octanol–water partition coefficient (Wildman–Crippen LogP) is 1.23. The highest BCUT2D eigenvalue weighted by Gasteiger charge is 2.27. The first kappa shape index (κ1) is 10.7. The molecule has 1 aromatic rings. The Hall–Kier alpha value is -1.34. The van der Waals surface area contributed by atoms with E-state index in [9.17, 15) is 18.5 Å². The van der Waals surface area contributed by atoms with Crippen LogP contribution in [0.4, 0.5) is 5.69 Å². The monoisotopic (exact) mass is 237 g/mol. The second-order valence-corrected chi connectivity index (χ2v) is 4.82. The van der Waals surface area contributed by atoms with Crippen LogP contribution in [0.3, 0.4) is 0 Å². The van der Waals surface area contributed by atoms with Crippen LogP contribution in [0.5, 0.6) is 5.75 Å². The van der Waals surface area contributed by atoms with Crippen LogP contribution in [-0.2, 0) is 9.05 Å². The lowest BCUT2D eigenvalue weighted by Gasteiger charge is -2.00. The van der Waals surface area contributed by atoms with Crippen LogP contribution in [-0.4, -0.2) is 18.4 Å². The Morgan fingerprint density at radius 1 is 1.43 bits per heavy atom. The molecule has 0 saturated heterocycles. The molecule has 6 nitrogen and oxygen atoms in total. The van der Waals surface area contributed by atoms with Gasteiger partial charge >= 0.3 is 0 Å². The summed E-state index contributed by atoms with van der Waals surface area (Å²) in [5.41, 5.74) is -0.750. The van der Waals surface area contributed by atoms with Crippen LogP contribution in [0.2, 0.25) is 0 Å². The molecular formula is C6H4ClNO5S. The highest BCUT2D eigenvalue weighted by Crippen LogP contribution is 2.33. The molecule has 1 rings (SSSR count). The Bertz CT molecular complexity index is 483. The van der Waals surface area contributed by atoms with Gasteiger partial charge in [0.1, 0.15) is 5.75 Å². The van der Waals surface area contributed by atoms with Gasteiger partial charge in [0.25, 0.3) is 14.7 Å². The third-order valence-electron chi connectivity index (χ3n) is 1.41. The number of halogens is 1. The van der Waals surface area contributed by atoms with Crippen molar-refractivity contribution in [1.29, 1.82) is 0 Å². The average Bonchev–Trinajstić information content (AvgIpc) is 2.01. The van der Waals surface area contributed by atoms with Crippen molar-refractivity contribution >= 4 is 25.4 Å². The maximum absolute atomic E-state index is 10.9. The quantitative estimate of drug-likeness (QED) is 0.474. The lowest BCUT2D eigenvalue weighted by molar-refractivity contribution is -0.387. The molecular weight excluding hydrogens is 234 g/mol. The van der Waals surface area contributed by atoms with E-state index < -0.39 is 30.3 Å². The Morgan fingerprint density at radius 3 is 2.36 bits per heavy atom. The summed E-state index contributed by atoms with van der Waals surface area (Å²) in [6.07, 6.45) is 0. The van der Waals surface area contributed by atoms with Gasteiger partial charge in [-0.1, -0.05) is 6.07 Å². The lowest BCUT2D eigenvalue weighted by Crippen LogP contribution is -1.98. The third-order valence-corrected chi connectivity index (χ3v) is 2.78. The number of nitrogens with zero attached hydrogens (tertiary/aromatic N) is 1. The van der Waals surface area contributed by atoms with E-state index >= 15 is 0 Å². The van der Waals surface area contributed by atoms with Crippen molar-refractivity contribution in [3.8, 4) is 5.75 Å². The van der Waals surface area contributed by atoms with Gasteiger partial charge in [-0.25, -0.2) is 8.42 Å². The van der Waals surface area contributed by atoms with Gasteiger partial charge in [-0.15, -0.1) is 0 Å². The van der Waals surface area contributed by atoms with E-state index in [2.05, 4.69) is 0 Å². The van der Waals surface area contributed by atoms with E-state index in [0.717, 1.165) is 18.2 Å². The number of nitro benzene ring substituents is 1. The normalized spacial score (nSPS) is 11.2. The fourth-order valence-corrected chi connectivity index (χ4v) is 2.09. The molecule has 1 N–H and O–H groups in total.